The van der Waals surface area contributed by atoms with Crippen LogP contribution in [0.15, 0.2) is 73.1 Å². The van der Waals surface area contributed by atoms with E-state index in [1.807, 2.05) is 60.3 Å². The molecular weight excluding hydrogens is 550 g/mol. The van der Waals surface area contributed by atoms with Crippen LogP contribution >= 0.6 is 11.3 Å². The standard InChI is InChI=1S/C30H26F2N4O4S/c1-35-11-10-19-13-21(16-33-28(19)35)23-9-8-22(40-17-31)15-24(23)26-27(32)41-30(34-26)36(2)29(39)20(14-25(37)38)12-18-6-4-3-5-7-18/h3-11,13,15-16,20H,12,14,17H2,1-2H3,(H,37,38)/t20-/m1/s1. The van der Waals surface area contributed by atoms with E-state index in [9.17, 15) is 19.1 Å². The quantitative estimate of drug-likeness (QED) is 0.216. The highest BCUT2D eigenvalue weighted by Gasteiger charge is 2.29. The van der Waals surface area contributed by atoms with Crippen LogP contribution < -0.4 is 9.64 Å². The van der Waals surface area contributed by atoms with Crippen molar-refractivity contribution >= 4 is 39.4 Å². The maximum absolute atomic E-state index is 15.5. The molecule has 41 heavy (non-hydrogen) atoms. The van der Waals surface area contributed by atoms with E-state index in [1.54, 1.807) is 18.3 Å². The van der Waals surface area contributed by atoms with Crippen molar-refractivity contribution in [3.63, 3.8) is 0 Å². The third kappa shape index (κ3) is 5.94. The SMILES string of the molecule is CN(C(=O)[C@@H](CC(=O)O)Cc1ccccc1)c1nc(-c2cc(OCF)ccc2-c2cnc3c(ccn3C)c2)c(F)s1. The van der Waals surface area contributed by atoms with E-state index in [0.29, 0.717) is 28.0 Å². The minimum atomic E-state index is -1.11. The smallest absolute Gasteiger partial charge is 0.304 e. The summed E-state index contributed by atoms with van der Waals surface area (Å²) in [5.74, 6) is -2.30. The predicted molar refractivity (Wildman–Crippen MR) is 153 cm³/mol. The number of aromatic nitrogens is 3. The second kappa shape index (κ2) is 11.8. The third-order valence-corrected chi connectivity index (χ3v) is 7.69. The number of alkyl halides is 1. The zero-order chi connectivity index (χ0) is 29.1. The van der Waals surface area contributed by atoms with E-state index in [2.05, 4.69) is 9.97 Å². The lowest BCUT2D eigenvalue weighted by Crippen LogP contribution is -2.35. The molecule has 2 aromatic carbocycles. The summed E-state index contributed by atoms with van der Waals surface area (Å²) in [4.78, 5) is 35.2. The van der Waals surface area contributed by atoms with Crippen LogP contribution in [0.2, 0.25) is 0 Å². The van der Waals surface area contributed by atoms with Crippen LogP contribution in [0.3, 0.4) is 0 Å². The fourth-order valence-corrected chi connectivity index (χ4v) is 5.53. The van der Waals surface area contributed by atoms with Crippen LogP contribution in [0.5, 0.6) is 5.75 Å². The van der Waals surface area contributed by atoms with E-state index < -0.39 is 29.8 Å². The number of thiazole rings is 1. The van der Waals surface area contributed by atoms with E-state index >= 15 is 4.39 Å². The number of hydrogen-bond acceptors (Lipinski definition) is 6. The second-order valence-corrected chi connectivity index (χ2v) is 10.5. The molecule has 0 radical (unpaired) electrons. The van der Waals surface area contributed by atoms with Gasteiger partial charge in [0.2, 0.25) is 17.9 Å². The van der Waals surface area contributed by atoms with Crippen molar-refractivity contribution in [2.24, 2.45) is 13.0 Å². The molecule has 11 heteroatoms. The fraction of sp³-hybridized carbons (Fsp3) is 0.200. The number of pyridine rings is 1. The predicted octanol–water partition coefficient (Wildman–Crippen LogP) is 6.11. The molecule has 0 saturated carbocycles. The summed E-state index contributed by atoms with van der Waals surface area (Å²) in [5, 5.41) is 9.73. The Labute approximate surface area is 238 Å². The Morgan fingerprint density at radius 2 is 1.90 bits per heavy atom. The number of hydrogen-bond donors (Lipinski definition) is 1. The number of rotatable bonds is 10. The zero-order valence-corrected chi connectivity index (χ0v) is 23.1. The summed E-state index contributed by atoms with van der Waals surface area (Å²) in [6.45, 7) is -1.06. The van der Waals surface area contributed by atoms with Gasteiger partial charge in [0, 0.05) is 43.0 Å². The average Bonchev–Trinajstić information content (AvgIpc) is 3.54. The number of anilines is 1. The lowest BCUT2D eigenvalue weighted by Gasteiger charge is -2.21. The van der Waals surface area contributed by atoms with E-state index in [4.69, 9.17) is 4.74 Å². The Balaban J connectivity index is 1.52. The molecule has 210 valence electrons. The molecule has 0 bridgehead atoms. The number of benzene rings is 2. The zero-order valence-electron chi connectivity index (χ0n) is 22.3. The summed E-state index contributed by atoms with van der Waals surface area (Å²) < 4.78 is 35.5. The molecule has 3 aromatic heterocycles. The molecule has 1 N–H and O–H groups in total. The van der Waals surface area contributed by atoms with E-state index in [0.717, 1.165) is 16.6 Å². The molecule has 0 aliphatic heterocycles. The van der Waals surface area contributed by atoms with Gasteiger partial charge >= 0.3 is 5.97 Å². The molecule has 1 atom stereocenters. The third-order valence-electron chi connectivity index (χ3n) is 6.77. The molecule has 5 aromatic rings. The molecule has 3 heterocycles. The summed E-state index contributed by atoms with van der Waals surface area (Å²) in [5.41, 5.74) is 3.15. The Morgan fingerprint density at radius 1 is 1.12 bits per heavy atom. The van der Waals surface area contributed by atoms with Crippen molar-refractivity contribution in [2.75, 3.05) is 18.8 Å². The summed E-state index contributed by atoms with van der Waals surface area (Å²) in [7, 11) is 3.33. The summed E-state index contributed by atoms with van der Waals surface area (Å²) >= 11 is 0.663. The number of carbonyl (C=O) groups excluding carboxylic acids is 1. The van der Waals surface area contributed by atoms with Crippen molar-refractivity contribution in [2.45, 2.75) is 12.8 Å². The molecule has 8 nitrogen and oxygen atoms in total. The van der Waals surface area contributed by atoms with Gasteiger partial charge in [0.15, 0.2) is 5.13 Å². The minimum Gasteiger partial charge on any atom is -0.481 e. The first-order chi connectivity index (χ1) is 19.7. The molecule has 0 unspecified atom stereocenters. The maximum atomic E-state index is 15.5. The number of ether oxygens (including phenoxy) is 1. The summed E-state index contributed by atoms with van der Waals surface area (Å²) in [6.07, 6.45) is 3.37. The molecule has 0 saturated heterocycles. The second-order valence-electron chi connectivity index (χ2n) is 9.52. The van der Waals surface area contributed by atoms with Crippen molar-refractivity contribution in [3.05, 3.63) is 83.8 Å². The number of carboxylic acid groups (broad SMARTS) is 1. The van der Waals surface area contributed by atoms with Crippen molar-refractivity contribution in [1.29, 1.82) is 0 Å². The number of aliphatic carboxylic acids is 1. The van der Waals surface area contributed by atoms with Crippen molar-refractivity contribution in [3.8, 4) is 28.1 Å². The Bertz CT molecular complexity index is 1720. The van der Waals surface area contributed by atoms with Crippen molar-refractivity contribution < 1.29 is 28.2 Å². The van der Waals surface area contributed by atoms with Gasteiger partial charge in [0.1, 0.15) is 17.1 Å². The number of halogens is 2. The molecule has 1 amide bonds. The molecular formula is C30H26F2N4O4S. The Morgan fingerprint density at radius 3 is 2.63 bits per heavy atom. The molecule has 0 spiro atoms. The van der Waals surface area contributed by atoms with Gasteiger partial charge in [-0.2, -0.15) is 4.39 Å². The Hall–Kier alpha value is -4.64. The normalized spacial score (nSPS) is 11.9. The minimum absolute atomic E-state index is 0.0463. The molecule has 5 rings (SSSR count). The van der Waals surface area contributed by atoms with E-state index in [-0.39, 0.29) is 29.4 Å². The first kappa shape index (κ1) is 27.9. The number of fused-ring (bicyclic) bond motifs is 1. The number of aryl methyl sites for hydroxylation is 1. The van der Waals surface area contributed by atoms with E-state index in [1.165, 1.54) is 18.0 Å². The monoisotopic (exact) mass is 576 g/mol. The van der Waals surface area contributed by atoms with Gasteiger partial charge in [0.25, 0.3) is 0 Å². The van der Waals surface area contributed by atoms with Gasteiger partial charge in [-0.3, -0.25) is 14.5 Å². The highest BCUT2D eigenvalue weighted by molar-refractivity contribution is 7.14. The van der Waals surface area contributed by atoms with Gasteiger partial charge in [-0.25, -0.2) is 14.4 Å². The molecule has 0 aliphatic carbocycles. The average molecular weight is 577 g/mol. The van der Waals surface area contributed by atoms with Gasteiger partial charge in [-0.1, -0.05) is 41.7 Å². The van der Waals surface area contributed by atoms with Crippen LogP contribution in [0.25, 0.3) is 33.4 Å². The lowest BCUT2D eigenvalue weighted by molar-refractivity contribution is -0.140. The number of nitrogens with zero attached hydrogens (tertiary/aromatic N) is 4. The maximum Gasteiger partial charge on any atom is 0.304 e. The largest absolute Gasteiger partial charge is 0.481 e. The fourth-order valence-electron chi connectivity index (χ4n) is 4.75. The highest BCUT2D eigenvalue weighted by atomic mass is 32.1. The van der Waals surface area contributed by atoms with Gasteiger partial charge < -0.3 is 14.4 Å². The van der Waals surface area contributed by atoms with Gasteiger partial charge in [-0.15, -0.1) is 0 Å². The van der Waals surface area contributed by atoms with Gasteiger partial charge in [0.05, 0.1) is 12.3 Å². The van der Waals surface area contributed by atoms with Gasteiger partial charge in [-0.05, 0) is 47.9 Å². The molecule has 0 aliphatic rings. The Kier molecular flexibility index (Phi) is 8.06. The molecule has 0 fully saturated rings. The van der Waals surface area contributed by atoms with Crippen LogP contribution in [0.4, 0.5) is 13.9 Å². The first-order valence-corrected chi connectivity index (χ1v) is 13.5. The topological polar surface area (TPSA) is 97.6 Å². The number of amides is 1. The van der Waals surface area contributed by atoms with Crippen molar-refractivity contribution in [1.82, 2.24) is 14.5 Å². The lowest BCUT2D eigenvalue weighted by atomic mass is 9.95. The first-order valence-electron chi connectivity index (χ1n) is 12.7. The summed E-state index contributed by atoms with van der Waals surface area (Å²) in [6, 6.07) is 17.7. The van der Waals surface area contributed by atoms with Crippen LogP contribution in [-0.2, 0) is 23.1 Å². The van der Waals surface area contributed by atoms with Crippen LogP contribution in [0, 0.1) is 11.0 Å². The number of carbonyl (C=O) groups is 2. The van der Waals surface area contributed by atoms with Crippen LogP contribution in [-0.4, -0.2) is 45.4 Å². The van der Waals surface area contributed by atoms with Crippen LogP contribution in [0.1, 0.15) is 12.0 Å². The highest BCUT2D eigenvalue weighted by Crippen LogP contribution is 2.40. The number of carboxylic acids is 1.